The first kappa shape index (κ1) is 22.6. The van der Waals surface area contributed by atoms with Crippen molar-refractivity contribution < 1.29 is 19.1 Å². The molecule has 0 saturated carbocycles. The molecular formula is C22H27ClN2O4. The predicted octanol–water partition coefficient (Wildman–Crippen LogP) is 3.67. The van der Waals surface area contributed by atoms with Crippen LogP contribution in [0.25, 0.3) is 0 Å². The van der Waals surface area contributed by atoms with Crippen LogP contribution in [0, 0.1) is 0 Å². The summed E-state index contributed by atoms with van der Waals surface area (Å²) in [6, 6.07) is 13.7. The smallest absolute Gasteiger partial charge is 0.261 e. The number of hydrogen-bond acceptors (Lipinski definition) is 4. The lowest BCUT2D eigenvalue weighted by molar-refractivity contribution is -0.142. The fourth-order valence-electron chi connectivity index (χ4n) is 2.77. The highest BCUT2D eigenvalue weighted by Crippen LogP contribution is 2.26. The van der Waals surface area contributed by atoms with Crippen LogP contribution in [0.4, 0.5) is 0 Å². The van der Waals surface area contributed by atoms with Gasteiger partial charge in [0.1, 0.15) is 6.04 Å². The average molecular weight is 419 g/mol. The van der Waals surface area contributed by atoms with Crippen molar-refractivity contribution in [2.45, 2.75) is 32.9 Å². The maximum absolute atomic E-state index is 13.0. The second kappa shape index (κ2) is 11.3. The molecule has 7 heteroatoms. The van der Waals surface area contributed by atoms with E-state index in [9.17, 15) is 9.59 Å². The summed E-state index contributed by atoms with van der Waals surface area (Å²) in [7, 11) is 1.54. The van der Waals surface area contributed by atoms with E-state index < -0.39 is 6.04 Å². The van der Waals surface area contributed by atoms with E-state index in [0.717, 1.165) is 12.0 Å². The highest BCUT2D eigenvalue weighted by Gasteiger charge is 2.26. The van der Waals surface area contributed by atoms with Gasteiger partial charge in [-0.1, -0.05) is 42.8 Å². The number of carbonyl (C=O) groups excluding carboxylic acids is 2. The molecule has 0 fully saturated rings. The maximum atomic E-state index is 13.0. The van der Waals surface area contributed by atoms with Crippen LogP contribution in [0.3, 0.4) is 0 Å². The van der Waals surface area contributed by atoms with Gasteiger partial charge in [0.25, 0.3) is 5.91 Å². The number of methoxy groups -OCH3 is 1. The first-order valence-electron chi connectivity index (χ1n) is 9.53. The third-order valence-corrected chi connectivity index (χ3v) is 4.61. The molecular weight excluding hydrogens is 392 g/mol. The number of nitrogens with one attached hydrogen (secondary N) is 1. The summed E-state index contributed by atoms with van der Waals surface area (Å²) in [5.74, 6) is 0.485. The van der Waals surface area contributed by atoms with Crippen LogP contribution < -0.4 is 14.8 Å². The first-order valence-corrected chi connectivity index (χ1v) is 9.91. The van der Waals surface area contributed by atoms with Crippen LogP contribution in [0.1, 0.15) is 25.8 Å². The van der Waals surface area contributed by atoms with E-state index in [-0.39, 0.29) is 25.0 Å². The molecule has 156 valence electrons. The standard InChI is InChI=1S/C22H27ClN2O4/c1-4-12-24-22(27)16(2)25(14-17-8-7-9-18(23)13-17)21(26)15-29-20-11-6-5-10-19(20)28-3/h5-11,13,16H,4,12,14-15H2,1-3H3,(H,24,27)/t16-/m1/s1. The summed E-state index contributed by atoms with van der Waals surface area (Å²) < 4.78 is 10.9. The molecule has 0 unspecified atom stereocenters. The Labute approximate surface area is 176 Å². The quantitative estimate of drug-likeness (QED) is 0.639. The predicted molar refractivity (Wildman–Crippen MR) is 113 cm³/mol. The minimum atomic E-state index is -0.658. The van der Waals surface area contributed by atoms with Gasteiger partial charge in [0.05, 0.1) is 7.11 Å². The molecule has 0 heterocycles. The van der Waals surface area contributed by atoms with Gasteiger partial charge in [-0.05, 0) is 43.2 Å². The van der Waals surface area contributed by atoms with Crippen LogP contribution in [0.2, 0.25) is 5.02 Å². The van der Waals surface area contributed by atoms with E-state index in [1.165, 1.54) is 12.0 Å². The zero-order valence-corrected chi connectivity index (χ0v) is 17.7. The molecule has 0 spiro atoms. The Morgan fingerprint density at radius 3 is 2.52 bits per heavy atom. The van der Waals surface area contributed by atoms with Crippen molar-refractivity contribution in [3.63, 3.8) is 0 Å². The van der Waals surface area contributed by atoms with E-state index >= 15 is 0 Å². The average Bonchev–Trinajstić information content (AvgIpc) is 2.73. The summed E-state index contributed by atoms with van der Waals surface area (Å²) in [4.78, 5) is 27.0. The van der Waals surface area contributed by atoms with Crippen LogP contribution in [-0.4, -0.2) is 43.0 Å². The Morgan fingerprint density at radius 1 is 1.14 bits per heavy atom. The van der Waals surface area contributed by atoms with E-state index in [1.54, 1.807) is 37.3 Å². The molecule has 2 aromatic rings. The molecule has 2 amide bonds. The van der Waals surface area contributed by atoms with Gasteiger partial charge in [-0.25, -0.2) is 0 Å². The van der Waals surface area contributed by atoms with Crippen molar-refractivity contribution in [1.29, 1.82) is 0 Å². The zero-order chi connectivity index (χ0) is 21.2. The third kappa shape index (κ3) is 6.68. The molecule has 0 radical (unpaired) electrons. The Bertz CT molecular complexity index is 828. The Morgan fingerprint density at radius 2 is 1.86 bits per heavy atom. The van der Waals surface area contributed by atoms with E-state index in [2.05, 4.69) is 5.32 Å². The maximum Gasteiger partial charge on any atom is 0.261 e. The number of para-hydroxylation sites is 2. The number of nitrogens with zero attached hydrogens (tertiary/aromatic N) is 1. The number of ether oxygens (including phenoxy) is 2. The monoisotopic (exact) mass is 418 g/mol. The number of hydrogen-bond donors (Lipinski definition) is 1. The van der Waals surface area contributed by atoms with Crippen LogP contribution in [0.15, 0.2) is 48.5 Å². The van der Waals surface area contributed by atoms with Gasteiger partial charge in [-0.2, -0.15) is 0 Å². The highest BCUT2D eigenvalue weighted by atomic mass is 35.5. The molecule has 2 rings (SSSR count). The second-order valence-electron chi connectivity index (χ2n) is 6.56. The van der Waals surface area contributed by atoms with Gasteiger partial charge in [-0.15, -0.1) is 0 Å². The van der Waals surface area contributed by atoms with Gasteiger partial charge >= 0.3 is 0 Å². The van der Waals surface area contributed by atoms with Crippen molar-refractivity contribution in [3.8, 4) is 11.5 Å². The molecule has 0 aliphatic rings. The van der Waals surface area contributed by atoms with Gasteiger partial charge < -0.3 is 19.7 Å². The lowest BCUT2D eigenvalue weighted by Gasteiger charge is -2.29. The van der Waals surface area contributed by atoms with E-state index in [0.29, 0.717) is 23.1 Å². The first-order chi connectivity index (χ1) is 14.0. The fraction of sp³-hybridized carbons (Fsp3) is 0.364. The van der Waals surface area contributed by atoms with Gasteiger partial charge in [0.2, 0.25) is 5.91 Å². The molecule has 6 nitrogen and oxygen atoms in total. The van der Waals surface area contributed by atoms with E-state index in [1.807, 2.05) is 25.1 Å². The number of rotatable bonds is 10. The topological polar surface area (TPSA) is 67.9 Å². The Kier molecular flexibility index (Phi) is 8.80. The molecule has 0 aliphatic heterocycles. The minimum absolute atomic E-state index is 0.209. The molecule has 2 aromatic carbocycles. The summed E-state index contributed by atoms with van der Waals surface area (Å²) in [5, 5.41) is 3.41. The van der Waals surface area contributed by atoms with Crippen LogP contribution in [0.5, 0.6) is 11.5 Å². The number of amides is 2. The summed E-state index contributed by atoms with van der Waals surface area (Å²) >= 11 is 6.07. The molecule has 1 atom stereocenters. The van der Waals surface area contributed by atoms with Crippen molar-refractivity contribution in [2.75, 3.05) is 20.3 Å². The lowest BCUT2D eigenvalue weighted by Crippen LogP contribution is -2.49. The molecule has 0 aliphatic carbocycles. The molecule has 0 aromatic heterocycles. The summed E-state index contributed by atoms with van der Waals surface area (Å²) in [6.07, 6.45) is 0.817. The number of carbonyl (C=O) groups is 2. The van der Waals surface area contributed by atoms with Crippen LogP contribution in [-0.2, 0) is 16.1 Å². The highest BCUT2D eigenvalue weighted by molar-refractivity contribution is 6.30. The zero-order valence-electron chi connectivity index (χ0n) is 17.0. The Hall–Kier alpha value is -2.73. The van der Waals surface area contributed by atoms with Crippen molar-refractivity contribution >= 4 is 23.4 Å². The molecule has 0 bridgehead atoms. The largest absolute Gasteiger partial charge is 0.493 e. The number of halogens is 1. The normalized spacial score (nSPS) is 11.4. The fourth-order valence-corrected chi connectivity index (χ4v) is 2.98. The SMILES string of the molecule is CCCNC(=O)[C@@H](C)N(Cc1cccc(Cl)c1)C(=O)COc1ccccc1OC. The lowest BCUT2D eigenvalue weighted by atomic mass is 10.1. The third-order valence-electron chi connectivity index (χ3n) is 4.38. The van der Waals surface area contributed by atoms with Gasteiger partial charge in [-0.3, -0.25) is 9.59 Å². The summed E-state index contributed by atoms with van der Waals surface area (Å²) in [6.45, 7) is 4.26. The Balaban J connectivity index is 2.16. The van der Waals surface area contributed by atoms with Gasteiger partial charge in [0.15, 0.2) is 18.1 Å². The van der Waals surface area contributed by atoms with Gasteiger partial charge in [0, 0.05) is 18.1 Å². The second-order valence-corrected chi connectivity index (χ2v) is 6.99. The van der Waals surface area contributed by atoms with Crippen molar-refractivity contribution in [1.82, 2.24) is 10.2 Å². The minimum Gasteiger partial charge on any atom is -0.493 e. The van der Waals surface area contributed by atoms with Crippen molar-refractivity contribution in [3.05, 3.63) is 59.1 Å². The molecule has 1 N–H and O–H groups in total. The molecule has 29 heavy (non-hydrogen) atoms. The summed E-state index contributed by atoms with van der Waals surface area (Å²) in [5.41, 5.74) is 0.832. The number of benzene rings is 2. The van der Waals surface area contributed by atoms with Crippen molar-refractivity contribution in [2.24, 2.45) is 0 Å². The molecule has 0 saturated heterocycles. The van der Waals surface area contributed by atoms with Crippen LogP contribution >= 0.6 is 11.6 Å². The van der Waals surface area contributed by atoms with E-state index in [4.69, 9.17) is 21.1 Å².